The summed E-state index contributed by atoms with van der Waals surface area (Å²) in [6, 6.07) is 7.16. The molecule has 1 aromatic carbocycles. The highest BCUT2D eigenvalue weighted by atomic mass is 32.2. The fraction of sp³-hybridized carbons (Fsp3) is 0.571. The third-order valence-electron chi connectivity index (χ3n) is 3.87. The summed E-state index contributed by atoms with van der Waals surface area (Å²) < 4.78 is 28.2. The van der Waals surface area contributed by atoms with Crippen molar-refractivity contribution < 1.29 is 13.2 Å². The van der Waals surface area contributed by atoms with Crippen LogP contribution in [0.5, 0.6) is 0 Å². The molecule has 0 bridgehead atoms. The highest BCUT2D eigenvalue weighted by molar-refractivity contribution is 7.89. The first kappa shape index (κ1) is 15.4. The molecule has 0 saturated carbocycles. The molecule has 3 N–H and O–H groups in total. The molecule has 2 rings (SSSR count). The summed E-state index contributed by atoms with van der Waals surface area (Å²) in [4.78, 5) is 0.153. The lowest BCUT2D eigenvalue weighted by Crippen LogP contribution is -2.35. The van der Waals surface area contributed by atoms with Crippen molar-refractivity contribution in [1.82, 2.24) is 5.32 Å². The van der Waals surface area contributed by atoms with E-state index in [0.29, 0.717) is 12.0 Å². The molecule has 112 valence electrons. The van der Waals surface area contributed by atoms with Crippen molar-refractivity contribution >= 4 is 10.0 Å². The molecule has 1 aliphatic rings. The Kier molecular flexibility index (Phi) is 4.80. The van der Waals surface area contributed by atoms with Crippen molar-refractivity contribution in [3.63, 3.8) is 0 Å². The highest BCUT2D eigenvalue weighted by Crippen LogP contribution is 2.21. The minimum atomic E-state index is -3.65. The van der Waals surface area contributed by atoms with Crippen molar-refractivity contribution in [2.75, 3.05) is 13.2 Å². The second-order valence-corrected chi connectivity index (χ2v) is 6.98. The van der Waals surface area contributed by atoms with Gasteiger partial charge >= 0.3 is 0 Å². The number of hydrogen-bond donors (Lipinski definition) is 2. The third kappa shape index (κ3) is 3.79. The van der Waals surface area contributed by atoms with Gasteiger partial charge in [-0.05, 0) is 43.9 Å². The largest absolute Gasteiger partial charge is 0.381 e. The molecule has 1 heterocycles. The van der Waals surface area contributed by atoms with Crippen LogP contribution in [0.1, 0.15) is 31.9 Å². The maximum Gasteiger partial charge on any atom is 0.238 e. The van der Waals surface area contributed by atoms with Gasteiger partial charge in [0.05, 0.1) is 11.5 Å². The van der Waals surface area contributed by atoms with Gasteiger partial charge in [-0.15, -0.1) is 0 Å². The van der Waals surface area contributed by atoms with Gasteiger partial charge in [-0.3, -0.25) is 0 Å². The zero-order valence-corrected chi connectivity index (χ0v) is 12.7. The van der Waals surface area contributed by atoms with Crippen LogP contribution in [0.2, 0.25) is 0 Å². The van der Waals surface area contributed by atoms with Crippen molar-refractivity contribution in [1.29, 1.82) is 0 Å². The number of sulfonamides is 1. The molecular weight excluding hydrogens is 276 g/mol. The lowest BCUT2D eigenvalue weighted by atomic mass is 9.98. The van der Waals surface area contributed by atoms with Crippen molar-refractivity contribution in [3.8, 4) is 0 Å². The van der Waals surface area contributed by atoms with Gasteiger partial charge in [0, 0.05) is 18.7 Å². The summed E-state index contributed by atoms with van der Waals surface area (Å²) in [5.41, 5.74) is 0.919. The first-order chi connectivity index (χ1) is 9.38. The lowest BCUT2D eigenvalue weighted by molar-refractivity contribution is 0.177. The monoisotopic (exact) mass is 298 g/mol. The summed E-state index contributed by atoms with van der Waals surface area (Å²) >= 11 is 0. The Morgan fingerprint density at radius 3 is 2.75 bits per heavy atom. The number of hydrogen-bond acceptors (Lipinski definition) is 4. The third-order valence-corrected chi connectivity index (χ3v) is 4.78. The van der Waals surface area contributed by atoms with Crippen LogP contribution in [-0.2, 0) is 14.8 Å². The fourth-order valence-corrected chi connectivity index (χ4v) is 3.10. The lowest BCUT2D eigenvalue weighted by Gasteiger charge is -2.24. The summed E-state index contributed by atoms with van der Waals surface area (Å²) in [5.74, 6) is 0.513. The summed E-state index contributed by atoms with van der Waals surface area (Å²) in [6.07, 6.45) is 1.07. The van der Waals surface area contributed by atoms with E-state index in [-0.39, 0.29) is 10.9 Å². The van der Waals surface area contributed by atoms with E-state index >= 15 is 0 Å². The van der Waals surface area contributed by atoms with Crippen LogP contribution in [0.4, 0.5) is 0 Å². The number of rotatable bonds is 5. The summed E-state index contributed by atoms with van der Waals surface area (Å²) in [5, 5.41) is 8.66. The van der Waals surface area contributed by atoms with E-state index in [1.165, 1.54) is 6.07 Å². The summed E-state index contributed by atoms with van der Waals surface area (Å²) in [6.45, 7) is 5.78. The first-order valence-corrected chi connectivity index (χ1v) is 8.39. The van der Waals surface area contributed by atoms with E-state index in [2.05, 4.69) is 12.2 Å². The normalized spacial score (nSPS) is 22.6. The number of benzene rings is 1. The van der Waals surface area contributed by atoms with Crippen molar-refractivity contribution in [2.45, 2.75) is 37.2 Å². The minimum Gasteiger partial charge on any atom is -0.381 e. The average Bonchev–Trinajstić information content (AvgIpc) is 2.91. The molecule has 3 atom stereocenters. The van der Waals surface area contributed by atoms with Crippen LogP contribution in [0, 0.1) is 5.92 Å². The SMILES string of the molecule is CC(NC(C)C1CCOC1)c1cccc(S(N)(=O)=O)c1. The molecule has 1 saturated heterocycles. The van der Waals surface area contributed by atoms with E-state index in [1.807, 2.05) is 13.0 Å². The van der Waals surface area contributed by atoms with Gasteiger partial charge in [0.1, 0.15) is 0 Å². The molecule has 1 aliphatic heterocycles. The number of nitrogens with two attached hydrogens (primary N) is 1. The quantitative estimate of drug-likeness (QED) is 0.861. The standard InChI is InChI=1S/C14H22N2O3S/c1-10(16-11(2)13-6-7-19-9-13)12-4-3-5-14(8-12)20(15,17)18/h3-5,8,10-11,13,16H,6-7,9H2,1-2H3,(H2,15,17,18). The van der Waals surface area contributed by atoms with Crippen LogP contribution in [-0.4, -0.2) is 27.7 Å². The topological polar surface area (TPSA) is 81.4 Å². The van der Waals surface area contributed by atoms with Crippen LogP contribution >= 0.6 is 0 Å². The molecule has 3 unspecified atom stereocenters. The molecule has 0 aliphatic carbocycles. The molecule has 20 heavy (non-hydrogen) atoms. The zero-order valence-electron chi connectivity index (χ0n) is 11.9. The Bertz CT molecular complexity index is 553. The molecule has 0 amide bonds. The van der Waals surface area contributed by atoms with Gasteiger partial charge in [0.15, 0.2) is 0 Å². The van der Waals surface area contributed by atoms with E-state index < -0.39 is 10.0 Å². The van der Waals surface area contributed by atoms with Crippen molar-refractivity contribution in [3.05, 3.63) is 29.8 Å². The van der Waals surface area contributed by atoms with Gasteiger partial charge < -0.3 is 10.1 Å². The number of ether oxygens (including phenoxy) is 1. The maximum absolute atomic E-state index is 11.4. The highest BCUT2D eigenvalue weighted by Gasteiger charge is 2.23. The predicted molar refractivity (Wildman–Crippen MR) is 77.8 cm³/mol. The molecule has 1 fully saturated rings. The molecule has 5 nitrogen and oxygen atoms in total. The fourth-order valence-electron chi connectivity index (χ4n) is 2.53. The Morgan fingerprint density at radius 1 is 1.40 bits per heavy atom. The molecular formula is C14H22N2O3S. The van der Waals surface area contributed by atoms with E-state index in [0.717, 1.165) is 25.2 Å². The van der Waals surface area contributed by atoms with Gasteiger partial charge in [-0.25, -0.2) is 13.6 Å². The molecule has 0 aromatic heterocycles. The minimum absolute atomic E-state index is 0.0623. The Labute approximate surface area is 120 Å². The molecule has 0 spiro atoms. The van der Waals surface area contributed by atoms with Gasteiger partial charge in [0.2, 0.25) is 10.0 Å². The van der Waals surface area contributed by atoms with E-state index in [4.69, 9.17) is 9.88 Å². The smallest absolute Gasteiger partial charge is 0.238 e. The molecule has 0 radical (unpaired) electrons. The second-order valence-electron chi connectivity index (χ2n) is 5.42. The van der Waals surface area contributed by atoms with E-state index in [9.17, 15) is 8.42 Å². The van der Waals surface area contributed by atoms with Crippen LogP contribution in [0.25, 0.3) is 0 Å². The molecule has 6 heteroatoms. The Balaban J connectivity index is 2.07. The van der Waals surface area contributed by atoms with E-state index in [1.54, 1.807) is 12.1 Å². The summed E-state index contributed by atoms with van der Waals surface area (Å²) in [7, 11) is -3.65. The Hall–Kier alpha value is -0.950. The van der Waals surface area contributed by atoms with Gasteiger partial charge in [-0.1, -0.05) is 12.1 Å². The maximum atomic E-state index is 11.4. The van der Waals surface area contributed by atoms with Gasteiger partial charge in [-0.2, -0.15) is 0 Å². The van der Waals surface area contributed by atoms with Crippen LogP contribution < -0.4 is 10.5 Å². The average molecular weight is 298 g/mol. The predicted octanol–water partition coefficient (Wildman–Crippen LogP) is 1.41. The van der Waals surface area contributed by atoms with Crippen LogP contribution in [0.3, 0.4) is 0 Å². The number of nitrogens with one attached hydrogen (secondary N) is 1. The molecule has 1 aromatic rings. The first-order valence-electron chi connectivity index (χ1n) is 6.84. The van der Waals surface area contributed by atoms with Crippen molar-refractivity contribution in [2.24, 2.45) is 11.1 Å². The Morgan fingerprint density at radius 2 is 2.15 bits per heavy atom. The number of primary sulfonamides is 1. The second kappa shape index (κ2) is 6.22. The van der Waals surface area contributed by atoms with Gasteiger partial charge in [0.25, 0.3) is 0 Å². The zero-order chi connectivity index (χ0) is 14.8. The van der Waals surface area contributed by atoms with Crippen LogP contribution in [0.15, 0.2) is 29.2 Å².